The molecule has 0 aliphatic rings. The van der Waals surface area contributed by atoms with Gasteiger partial charge in [0.1, 0.15) is 0 Å². The van der Waals surface area contributed by atoms with E-state index in [-0.39, 0.29) is 12.1 Å². The molecule has 106 valence electrons. The van der Waals surface area contributed by atoms with E-state index >= 15 is 0 Å². The molecule has 2 amide bonds. The molecule has 1 aromatic carbocycles. The highest BCUT2D eigenvalue weighted by Crippen LogP contribution is 2.18. The van der Waals surface area contributed by atoms with Gasteiger partial charge >= 0.3 is 6.03 Å². The van der Waals surface area contributed by atoms with Gasteiger partial charge in [-0.25, -0.2) is 4.79 Å². The number of nitrogens with one attached hydrogen (secondary N) is 2. The minimum absolute atomic E-state index is 0.0381. The maximum atomic E-state index is 11.7. The third-order valence-electron chi connectivity index (χ3n) is 2.83. The van der Waals surface area contributed by atoms with Gasteiger partial charge in [-0.15, -0.1) is 0 Å². The lowest BCUT2D eigenvalue weighted by Crippen LogP contribution is -2.38. The average molecular weight is 285 g/mol. The van der Waals surface area contributed by atoms with Crippen LogP contribution in [0.4, 0.5) is 4.79 Å². The molecule has 4 nitrogen and oxygen atoms in total. The summed E-state index contributed by atoms with van der Waals surface area (Å²) in [4.78, 5) is 11.7. The third kappa shape index (κ3) is 5.94. The summed E-state index contributed by atoms with van der Waals surface area (Å²) in [6.07, 6.45) is 0.940. The predicted molar refractivity (Wildman–Crippen MR) is 77.3 cm³/mol. The SMILES string of the molecule is CCC(NC(=O)NCCC(C)O)c1ccc(Cl)cc1. The largest absolute Gasteiger partial charge is 0.393 e. The molecular weight excluding hydrogens is 264 g/mol. The monoisotopic (exact) mass is 284 g/mol. The van der Waals surface area contributed by atoms with E-state index in [1.54, 1.807) is 6.92 Å². The van der Waals surface area contributed by atoms with E-state index in [0.717, 1.165) is 12.0 Å². The van der Waals surface area contributed by atoms with Crippen LogP contribution in [-0.4, -0.2) is 23.8 Å². The van der Waals surface area contributed by atoms with Crippen LogP contribution in [0.3, 0.4) is 0 Å². The van der Waals surface area contributed by atoms with E-state index in [1.165, 1.54) is 0 Å². The number of hydrogen-bond acceptors (Lipinski definition) is 2. The number of halogens is 1. The molecule has 0 saturated carbocycles. The first-order valence-corrected chi connectivity index (χ1v) is 6.88. The second kappa shape index (κ2) is 8.02. The Labute approximate surface area is 119 Å². The van der Waals surface area contributed by atoms with Crippen molar-refractivity contribution < 1.29 is 9.90 Å². The first kappa shape index (κ1) is 15.8. The van der Waals surface area contributed by atoms with Crippen LogP contribution in [0.1, 0.15) is 38.3 Å². The minimum atomic E-state index is -0.404. The van der Waals surface area contributed by atoms with Gasteiger partial charge in [-0.05, 0) is 37.5 Å². The van der Waals surface area contributed by atoms with E-state index in [2.05, 4.69) is 10.6 Å². The van der Waals surface area contributed by atoms with Gasteiger partial charge in [0.25, 0.3) is 0 Å². The first-order chi connectivity index (χ1) is 9.02. The van der Waals surface area contributed by atoms with Crippen molar-refractivity contribution in [2.24, 2.45) is 0 Å². The second-order valence-electron chi connectivity index (χ2n) is 4.55. The molecule has 0 heterocycles. The molecule has 1 rings (SSSR count). The molecule has 0 spiro atoms. The van der Waals surface area contributed by atoms with Gasteiger partial charge in [0, 0.05) is 11.6 Å². The lowest BCUT2D eigenvalue weighted by Gasteiger charge is -2.18. The molecule has 0 bridgehead atoms. The summed E-state index contributed by atoms with van der Waals surface area (Å²) in [6, 6.07) is 7.18. The number of rotatable bonds is 6. The van der Waals surface area contributed by atoms with Gasteiger partial charge in [-0.2, -0.15) is 0 Å². The molecule has 0 aliphatic carbocycles. The highest BCUT2D eigenvalue weighted by molar-refractivity contribution is 6.30. The van der Waals surface area contributed by atoms with Crippen molar-refractivity contribution >= 4 is 17.6 Å². The quantitative estimate of drug-likeness (QED) is 0.752. The molecule has 1 aromatic rings. The smallest absolute Gasteiger partial charge is 0.315 e. The predicted octanol–water partition coefficient (Wildman–Crippen LogP) is 2.86. The van der Waals surface area contributed by atoms with Crippen LogP contribution in [0.15, 0.2) is 24.3 Å². The van der Waals surface area contributed by atoms with Crippen LogP contribution in [-0.2, 0) is 0 Å². The van der Waals surface area contributed by atoms with E-state index < -0.39 is 6.10 Å². The topological polar surface area (TPSA) is 61.4 Å². The summed E-state index contributed by atoms with van der Waals surface area (Å²) < 4.78 is 0. The Bertz CT molecular complexity index is 393. The average Bonchev–Trinajstić information content (AvgIpc) is 2.36. The number of carbonyl (C=O) groups is 1. The fourth-order valence-electron chi connectivity index (χ4n) is 1.72. The number of amides is 2. The summed E-state index contributed by atoms with van der Waals surface area (Å²) in [5.74, 6) is 0. The summed E-state index contributed by atoms with van der Waals surface area (Å²) in [5, 5.41) is 15.4. The van der Waals surface area contributed by atoms with Crippen LogP contribution in [0.5, 0.6) is 0 Å². The second-order valence-corrected chi connectivity index (χ2v) is 4.99. The Morgan fingerprint density at radius 3 is 2.53 bits per heavy atom. The fraction of sp³-hybridized carbons (Fsp3) is 0.500. The normalized spacial score (nSPS) is 13.7. The van der Waals surface area contributed by atoms with Crippen molar-refractivity contribution in [3.8, 4) is 0 Å². The van der Waals surface area contributed by atoms with E-state index in [4.69, 9.17) is 16.7 Å². The van der Waals surface area contributed by atoms with Crippen LogP contribution in [0, 0.1) is 0 Å². The van der Waals surface area contributed by atoms with Crippen LogP contribution >= 0.6 is 11.6 Å². The highest BCUT2D eigenvalue weighted by atomic mass is 35.5. The molecule has 2 unspecified atom stereocenters. The summed E-state index contributed by atoms with van der Waals surface area (Å²) >= 11 is 5.84. The Hall–Kier alpha value is -1.26. The van der Waals surface area contributed by atoms with Crippen LogP contribution in [0.2, 0.25) is 5.02 Å². The number of aliphatic hydroxyl groups excluding tert-OH is 1. The van der Waals surface area contributed by atoms with Crippen molar-refractivity contribution in [2.45, 2.75) is 38.8 Å². The van der Waals surface area contributed by atoms with Gasteiger partial charge in [-0.1, -0.05) is 30.7 Å². The Balaban J connectivity index is 2.47. The van der Waals surface area contributed by atoms with Gasteiger partial charge in [-0.3, -0.25) is 0 Å². The summed E-state index contributed by atoms with van der Waals surface area (Å²) in [6.45, 7) is 4.16. The summed E-state index contributed by atoms with van der Waals surface area (Å²) in [5.41, 5.74) is 1.03. The van der Waals surface area contributed by atoms with Crippen molar-refractivity contribution in [1.29, 1.82) is 0 Å². The van der Waals surface area contributed by atoms with Crippen molar-refractivity contribution in [2.75, 3.05) is 6.54 Å². The fourth-order valence-corrected chi connectivity index (χ4v) is 1.85. The molecular formula is C14H21ClN2O2. The van der Waals surface area contributed by atoms with Gasteiger partial charge in [0.2, 0.25) is 0 Å². The molecule has 5 heteroatoms. The number of hydrogen-bond donors (Lipinski definition) is 3. The highest BCUT2D eigenvalue weighted by Gasteiger charge is 2.12. The standard InChI is InChI=1S/C14H21ClN2O2/c1-3-13(11-4-6-12(15)7-5-11)17-14(19)16-9-8-10(2)18/h4-7,10,13,18H,3,8-9H2,1-2H3,(H2,16,17,19). The lowest BCUT2D eigenvalue weighted by molar-refractivity contribution is 0.183. The number of benzene rings is 1. The van der Waals surface area contributed by atoms with E-state index in [9.17, 15) is 4.79 Å². The van der Waals surface area contributed by atoms with E-state index in [1.807, 2.05) is 31.2 Å². The first-order valence-electron chi connectivity index (χ1n) is 6.50. The molecule has 2 atom stereocenters. The maximum absolute atomic E-state index is 11.7. The zero-order chi connectivity index (χ0) is 14.3. The molecule has 0 radical (unpaired) electrons. The lowest BCUT2D eigenvalue weighted by atomic mass is 10.1. The third-order valence-corrected chi connectivity index (χ3v) is 3.09. The molecule has 0 fully saturated rings. The molecule has 0 aromatic heterocycles. The van der Waals surface area contributed by atoms with Crippen molar-refractivity contribution in [1.82, 2.24) is 10.6 Å². The summed E-state index contributed by atoms with van der Waals surface area (Å²) in [7, 11) is 0. The number of aliphatic hydroxyl groups is 1. The Morgan fingerprint density at radius 2 is 2.00 bits per heavy atom. The molecule has 0 aliphatic heterocycles. The zero-order valence-electron chi connectivity index (χ0n) is 11.3. The zero-order valence-corrected chi connectivity index (χ0v) is 12.1. The van der Waals surface area contributed by atoms with E-state index in [0.29, 0.717) is 18.0 Å². The minimum Gasteiger partial charge on any atom is -0.393 e. The van der Waals surface area contributed by atoms with Gasteiger partial charge < -0.3 is 15.7 Å². The molecule has 0 saturated heterocycles. The maximum Gasteiger partial charge on any atom is 0.315 e. The van der Waals surface area contributed by atoms with Gasteiger partial charge in [0.15, 0.2) is 0 Å². The molecule has 3 N–H and O–H groups in total. The van der Waals surface area contributed by atoms with Crippen LogP contribution < -0.4 is 10.6 Å². The number of urea groups is 1. The number of carbonyl (C=O) groups excluding carboxylic acids is 1. The Kier molecular flexibility index (Phi) is 6.67. The van der Waals surface area contributed by atoms with Crippen molar-refractivity contribution in [3.05, 3.63) is 34.9 Å². The van der Waals surface area contributed by atoms with Crippen molar-refractivity contribution in [3.63, 3.8) is 0 Å². The van der Waals surface area contributed by atoms with Crippen LogP contribution in [0.25, 0.3) is 0 Å². The van der Waals surface area contributed by atoms with Gasteiger partial charge in [0.05, 0.1) is 12.1 Å². The molecule has 19 heavy (non-hydrogen) atoms. The Morgan fingerprint density at radius 1 is 1.37 bits per heavy atom.